The molecule has 0 aliphatic heterocycles. The molecule has 0 amide bonds. The minimum absolute atomic E-state index is 0.307. The fourth-order valence-corrected chi connectivity index (χ4v) is 3.94. The Kier molecular flexibility index (Phi) is 6.94. The van der Waals surface area contributed by atoms with E-state index in [-0.39, 0.29) is 0 Å². The Morgan fingerprint density at radius 3 is 2.38 bits per heavy atom. The van der Waals surface area contributed by atoms with Crippen LogP contribution >= 0.6 is 27.3 Å². The molecule has 1 heterocycles. The first-order valence-corrected chi connectivity index (χ1v) is 9.43. The highest BCUT2D eigenvalue weighted by Gasteiger charge is 2.15. The molecule has 1 nitrogen and oxygen atoms in total. The van der Waals surface area contributed by atoms with E-state index in [4.69, 9.17) is 0 Å². The topological polar surface area (TPSA) is 12.0 Å². The molecule has 2 rings (SSSR count). The van der Waals surface area contributed by atoms with Crippen molar-refractivity contribution < 1.29 is 0 Å². The van der Waals surface area contributed by atoms with Gasteiger partial charge in [-0.3, -0.25) is 0 Å². The van der Waals surface area contributed by atoms with Crippen LogP contribution in [0, 0.1) is 0 Å². The van der Waals surface area contributed by atoms with Crippen LogP contribution in [-0.4, -0.2) is 6.54 Å². The predicted octanol–water partition coefficient (Wildman–Crippen LogP) is 5.94. The molecule has 114 valence electrons. The highest BCUT2D eigenvalue weighted by molar-refractivity contribution is 9.11. The molecule has 0 saturated carbocycles. The number of aryl methyl sites for hydroxylation is 1. The Hall–Kier alpha value is -0.640. The number of halogens is 1. The summed E-state index contributed by atoms with van der Waals surface area (Å²) in [5.74, 6) is 0. The van der Waals surface area contributed by atoms with Crippen LogP contribution in [0.4, 0.5) is 0 Å². The first-order chi connectivity index (χ1) is 10.2. The molecule has 0 radical (unpaired) electrons. The third-order valence-electron chi connectivity index (χ3n) is 3.61. The summed E-state index contributed by atoms with van der Waals surface area (Å²) < 4.78 is 1.19. The minimum atomic E-state index is 0.307. The molecule has 3 heteroatoms. The van der Waals surface area contributed by atoms with Crippen molar-refractivity contribution in [3.63, 3.8) is 0 Å². The summed E-state index contributed by atoms with van der Waals surface area (Å²) in [6, 6.07) is 13.8. The van der Waals surface area contributed by atoms with Gasteiger partial charge in [-0.25, -0.2) is 0 Å². The van der Waals surface area contributed by atoms with Crippen LogP contribution in [0.2, 0.25) is 0 Å². The predicted molar refractivity (Wildman–Crippen MR) is 97.2 cm³/mol. The Labute approximate surface area is 140 Å². The number of hydrogen-bond acceptors (Lipinski definition) is 2. The molecule has 0 saturated heterocycles. The van der Waals surface area contributed by atoms with E-state index in [1.54, 1.807) is 0 Å². The van der Waals surface area contributed by atoms with Gasteiger partial charge in [0.15, 0.2) is 0 Å². The van der Waals surface area contributed by atoms with Crippen LogP contribution in [0.1, 0.15) is 55.2 Å². The Balaban J connectivity index is 2.16. The number of rotatable bonds is 8. The number of benzene rings is 1. The lowest BCUT2D eigenvalue weighted by molar-refractivity contribution is 0.605. The fraction of sp³-hybridized carbons (Fsp3) is 0.444. The highest BCUT2D eigenvalue weighted by Crippen LogP contribution is 2.31. The number of thiophene rings is 1. The molecule has 2 aromatic rings. The zero-order valence-corrected chi connectivity index (χ0v) is 15.3. The first-order valence-electron chi connectivity index (χ1n) is 7.82. The SMILES string of the molecule is CCCCc1ccc(C(NCCC)c2ccc(Br)s2)cc1. The summed E-state index contributed by atoms with van der Waals surface area (Å²) in [6.45, 7) is 5.49. The van der Waals surface area contributed by atoms with Gasteiger partial charge in [-0.2, -0.15) is 0 Å². The van der Waals surface area contributed by atoms with E-state index in [9.17, 15) is 0 Å². The smallest absolute Gasteiger partial charge is 0.0702 e. The van der Waals surface area contributed by atoms with Gasteiger partial charge in [0.25, 0.3) is 0 Å². The molecule has 1 aromatic heterocycles. The van der Waals surface area contributed by atoms with Gasteiger partial charge in [0.2, 0.25) is 0 Å². The van der Waals surface area contributed by atoms with E-state index in [1.165, 1.54) is 39.1 Å². The third-order valence-corrected chi connectivity index (χ3v) is 5.30. The Bertz CT molecular complexity index is 532. The maximum Gasteiger partial charge on any atom is 0.0702 e. The molecule has 0 aliphatic carbocycles. The van der Waals surface area contributed by atoms with Gasteiger partial charge in [-0.15, -0.1) is 11.3 Å². The summed E-state index contributed by atoms with van der Waals surface area (Å²) in [5.41, 5.74) is 2.81. The summed E-state index contributed by atoms with van der Waals surface area (Å²) in [4.78, 5) is 1.37. The number of nitrogens with one attached hydrogen (secondary N) is 1. The molecule has 0 aliphatic rings. The van der Waals surface area contributed by atoms with E-state index >= 15 is 0 Å². The molecule has 21 heavy (non-hydrogen) atoms. The van der Waals surface area contributed by atoms with Gasteiger partial charge in [-0.1, -0.05) is 44.5 Å². The monoisotopic (exact) mass is 365 g/mol. The van der Waals surface area contributed by atoms with Crippen molar-refractivity contribution in [3.8, 4) is 0 Å². The van der Waals surface area contributed by atoms with Crippen molar-refractivity contribution >= 4 is 27.3 Å². The Morgan fingerprint density at radius 2 is 1.81 bits per heavy atom. The molecule has 1 atom stereocenters. The van der Waals surface area contributed by atoms with Gasteiger partial charge in [-0.05, 0) is 65.0 Å². The minimum Gasteiger partial charge on any atom is -0.306 e. The summed E-state index contributed by atoms with van der Waals surface area (Å²) in [6.07, 6.45) is 4.87. The van der Waals surface area contributed by atoms with Crippen molar-refractivity contribution in [2.24, 2.45) is 0 Å². The highest BCUT2D eigenvalue weighted by atomic mass is 79.9. The number of hydrogen-bond donors (Lipinski definition) is 1. The summed E-state index contributed by atoms with van der Waals surface area (Å²) in [5, 5.41) is 3.67. The summed E-state index contributed by atoms with van der Waals surface area (Å²) >= 11 is 5.39. The molecule has 0 spiro atoms. The van der Waals surface area contributed by atoms with Gasteiger partial charge < -0.3 is 5.32 Å². The van der Waals surface area contributed by atoms with Gasteiger partial charge in [0.05, 0.1) is 9.83 Å². The molecule has 0 fully saturated rings. The standard InChI is InChI=1S/C18H24BrNS/c1-3-5-6-14-7-9-15(10-8-14)18(20-13-4-2)16-11-12-17(19)21-16/h7-12,18,20H,3-6,13H2,1-2H3. The van der Waals surface area contributed by atoms with Crippen molar-refractivity contribution in [1.82, 2.24) is 5.32 Å². The van der Waals surface area contributed by atoms with E-state index < -0.39 is 0 Å². The van der Waals surface area contributed by atoms with Crippen molar-refractivity contribution in [3.05, 3.63) is 56.2 Å². The van der Waals surface area contributed by atoms with E-state index in [1.807, 2.05) is 11.3 Å². The molecule has 1 aromatic carbocycles. The molecule has 1 N–H and O–H groups in total. The van der Waals surface area contributed by atoms with Gasteiger partial charge in [0, 0.05) is 4.88 Å². The third kappa shape index (κ3) is 4.94. The number of unbranched alkanes of at least 4 members (excludes halogenated alkanes) is 1. The second-order valence-corrected chi connectivity index (χ2v) is 7.87. The maximum atomic E-state index is 3.67. The van der Waals surface area contributed by atoms with E-state index in [2.05, 4.69) is 71.5 Å². The zero-order valence-electron chi connectivity index (χ0n) is 12.9. The second-order valence-electron chi connectivity index (χ2n) is 5.37. The van der Waals surface area contributed by atoms with E-state index in [0.29, 0.717) is 6.04 Å². The normalized spacial score (nSPS) is 12.5. The maximum absolute atomic E-state index is 3.67. The molecule has 1 unspecified atom stereocenters. The van der Waals surface area contributed by atoms with Crippen molar-refractivity contribution in [2.75, 3.05) is 6.54 Å². The quantitative estimate of drug-likeness (QED) is 0.609. The van der Waals surface area contributed by atoms with Crippen LogP contribution in [0.25, 0.3) is 0 Å². The summed E-state index contributed by atoms with van der Waals surface area (Å²) in [7, 11) is 0. The van der Waals surface area contributed by atoms with Crippen LogP contribution in [0.5, 0.6) is 0 Å². The molecule has 0 bridgehead atoms. The average Bonchev–Trinajstić information content (AvgIpc) is 2.93. The fourth-order valence-electron chi connectivity index (χ4n) is 2.41. The molecular weight excluding hydrogens is 342 g/mol. The average molecular weight is 366 g/mol. The largest absolute Gasteiger partial charge is 0.306 e. The second kappa shape index (κ2) is 8.72. The van der Waals surface area contributed by atoms with Gasteiger partial charge >= 0.3 is 0 Å². The molecular formula is C18H24BrNS. The lowest BCUT2D eigenvalue weighted by Crippen LogP contribution is -2.22. The lowest BCUT2D eigenvalue weighted by Gasteiger charge is -2.18. The van der Waals surface area contributed by atoms with Crippen LogP contribution in [-0.2, 0) is 6.42 Å². The van der Waals surface area contributed by atoms with E-state index in [0.717, 1.165) is 13.0 Å². The lowest BCUT2D eigenvalue weighted by atomic mass is 10.0. The Morgan fingerprint density at radius 1 is 1.05 bits per heavy atom. The van der Waals surface area contributed by atoms with Crippen LogP contribution in [0.15, 0.2) is 40.2 Å². The van der Waals surface area contributed by atoms with Crippen molar-refractivity contribution in [1.29, 1.82) is 0 Å². The van der Waals surface area contributed by atoms with Crippen LogP contribution < -0.4 is 5.32 Å². The van der Waals surface area contributed by atoms with Gasteiger partial charge in [0.1, 0.15) is 0 Å². The van der Waals surface area contributed by atoms with Crippen LogP contribution in [0.3, 0.4) is 0 Å². The first kappa shape index (κ1) is 16.7. The van der Waals surface area contributed by atoms with Crippen molar-refractivity contribution in [2.45, 2.75) is 45.6 Å². The zero-order chi connectivity index (χ0) is 15.1.